The normalized spacial score (nSPS) is 22.7. The van der Waals surface area contributed by atoms with E-state index in [1.807, 2.05) is 11.3 Å². The lowest BCUT2D eigenvalue weighted by Crippen LogP contribution is -2.26. The van der Waals surface area contributed by atoms with Crippen LogP contribution in [0.15, 0.2) is 5.38 Å². The molecule has 0 bridgehead atoms. The van der Waals surface area contributed by atoms with Gasteiger partial charge in [0.2, 0.25) is 0 Å². The maximum atomic E-state index is 4.95. The second-order valence-electron chi connectivity index (χ2n) is 5.47. The van der Waals surface area contributed by atoms with Gasteiger partial charge in [-0.1, -0.05) is 19.3 Å². The maximum Gasteiger partial charge on any atom is 0.0960 e. The molecular weight excluding hydrogens is 264 g/mol. The molecule has 18 heavy (non-hydrogen) atoms. The maximum absolute atomic E-state index is 4.95. The van der Waals surface area contributed by atoms with Crippen LogP contribution in [0.3, 0.4) is 0 Å². The minimum absolute atomic E-state index is 0. The Morgan fingerprint density at radius 2 is 1.72 bits per heavy atom. The molecule has 102 valence electrons. The zero-order valence-electron chi connectivity index (χ0n) is 10.9. The van der Waals surface area contributed by atoms with E-state index < -0.39 is 0 Å². The zero-order chi connectivity index (χ0) is 11.5. The van der Waals surface area contributed by atoms with Crippen LogP contribution in [0.1, 0.15) is 67.5 Å². The molecular formula is C14H23ClN2S. The standard InChI is InChI=1S/C14H22N2S.ClH/c1-2-4-11(5-3-1)13-10-17-14(16-13)12-6-8-15-9-7-12;/h10-12,15H,1-9H2;1H. The van der Waals surface area contributed by atoms with Crippen LogP contribution in [-0.4, -0.2) is 18.1 Å². The predicted molar refractivity (Wildman–Crippen MR) is 80.0 cm³/mol. The van der Waals surface area contributed by atoms with Crippen molar-refractivity contribution in [2.24, 2.45) is 0 Å². The molecule has 0 unspecified atom stereocenters. The summed E-state index contributed by atoms with van der Waals surface area (Å²) >= 11 is 1.91. The van der Waals surface area contributed by atoms with E-state index >= 15 is 0 Å². The Balaban J connectivity index is 0.00000120. The number of hydrogen-bond acceptors (Lipinski definition) is 3. The first-order chi connectivity index (χ1) is 8.43. The van der Waals surface area contributed by atoms with Crippen molar-refractivity contribution in [3.8, 4) is 0 Å². The molecule has 1 aromatic rings. The first-order valence-corrected chi connectivity index (χ1v) is 7.97. The Bertz CT molecular complexity index is 322. The van der Waals surface area contributed by atoms with E-state index in [4.69, 9.17) is 4.98 Å². The van der Waals surface area contributed by atoms with Gasteiger partial charge in [-0.3, -0.25) is 0 Å². The van der Waals surface area contributed by atoms with E-state index in [1.54, 1.807) is 0 Å². The van der Waals surface area contributed by atoms with Gasteiger partial charge < -0.3 is 5.32 Å². The van der Waals surface area contributed by atoms with Gasteiger partial charge in [0, 0.05) is 17.2 Å². The van der Waals surface area contributed by atoms with Crippen molar-refractivity contribution in [2.75, 3.05) is 13.1 Å². The molecule has 1 N–H and O–H groups in total. The molecule has 1 aromatic heterocycles. The Kier molecular flexibility index (Phi) is 5.46. The Morgan fingerprint density at radius 1 is 1.00 bits per heavy atom. The lowest BCUT2D eigenvalue weighted by atomic mass is 9.87. The summed E-state index contributed by atoms with van der Waals surface area (Å²) in [6, 6.07) is 0. The van der Waals surface area contributed by atoms with Crippen LogP contribution in [0.5, 0.6) is 0 Å². The highest BCUT2D eigenvalue weighted by Crippen LogP contribution is 2.35. The fourth-order valence-electron chi connectivity index (χ4n) is 3.14. The summed E-state index contributed by atoms with van der Waals surface area (Å²) in [7, 11) is 0. The van der Waals surface area contributed by atoms with Crippen LogP contribution in [-0.2, 0) is 0 Å². The highest BCUT2D eigenvalue weighted by molar-refractivity contribution is 7.09. The molecule has 0 aromatic carbocycles. The van der Waals surface area contributed by atoms with Crippen LogP contribution in [0.4, 0.5) is 0 Å². The number of halogens is 1. The predicted octanol–water partition coefficient (Wildman–Crippen LogP) is 4.08. The van der Waals surface area contributed by atoms with Crippen molar-refractivity contribution in [3.63, 3.8) is 0 Å². The molecule has 2 fully saturated rings. The molecule has 1 saturated carbocycles. The van der Waals surface area contributed by atoms with Gasteiger partial charge in [0.15, 0.2) is 0 Å². The number of piperidine rings is 1. The molecule has 0 atom stereocenters. The lowest BCUT2D eigenvalue weighted by Gasteiger charge is -2.21. The van der Waals surface area contributed by atoms with Gasteiger partial charge in [0.05, 0.1) is 10.7 Å². The first-order valence-electron chi connectivity index (χ1n) is 7.09. The smallest absolute Gasteiger partial charge is 0.0960 e. The summed E-state index contributed by atoms with van der Waals surface area (Å²) in [6.45, 7) is 2.34. The number of nitrogens with zero attached hydrogens (tertiary/aromatic N) is 1. The van der Waals surface area contributed by atoms with Crippen LogP contribution < -0.4 is 5.32 Å². The SMILES string of the molecule is Cl.c1sc(C2CCNCC2)nc1C1CCCCC1. The topological polar surface area (TPSA) is 24.9 Å². The molecule has 1 saturated heterocycles. The van der Waals surface area contributed by atoms with Gasteiger partial charge in [-0.25, -0.2) is 4.98 Å². The second kappa shape index (κ2) is 6.88. The van der Waals surface area contributed by atoms with E-state index in [9.17, 15) is 0 Å². The molecule has 2 heterocycles. The molecule has 0 radical (unpaired) electrons. The minimum atomic E-state index is 0. The van der Waals surface area contributed by atoms with E-state index in [-0.39, 0.29) is 12.4 Å². The molecule has 2 aliphatic rings. The molecule has 2 nitrogen and oxygen atoms in total. The van der Waals surface area contributed by atoms with Crippen molar-refractivity contribution >= 4 is 23.7 Å². The number of rotatable bonds is 2. The lowest BCUT2D eigenvalue weighted by molar-refractivity contribution is 0.432. The minimum Gasteiger partial charge on any atom is -0.317 e. The number of hydrogen-bond donors (Lipinski definition) is 1. The van der Waals surface area contributed by atoms with Gasteiger partial charge in [-0.2, -0.15) is 0 Å². The summed E-state index contributed by atoms with van der Waals surface area (Å²) in [5.74, 6) is 1.51. The van der Waals surface area contributed by atoms with Crippen molar-refractivity contribution < 1.29 is 0 Å². The summed E-state index contributed by atoms with van der Waals surface area (Å²) in [5, 5.41) is 7.18. The van der Waals surface area contributed by atoms with E-state index in [1.165, 1.54) is 68.7 Å². The highest BCUT2D eigenvalue weighted by atomic mass is 35.5. The third kappa shape index (κ3) is 3.25. The van der Waals surface area contributed by atoms with Gasteiger partial charge in [-0.15, -0.1) is 23.7 Å². The van der Waals surface area contributed by atoms with Crippen LogP contribution >= 0.6 is 23.7 Å². The molecule has 4 heteroatoms. The van der Waals surface area contributed by atoms with Crippen LogP contribution in [0.25, 0.3) is 0 Å². The van der Waals surface area contributed by atoms with Crippen LogP contribution in [0, 0.1) is 0 Å². The summed E-state index contributed by atoms with van der Waals surface area (Å²) in [5.41, 5.74) is 1.41. The fraction of sp³-hybridized carbons (Fsp3) is 0.786. The average molecular weight is 287 g/mol. The van der Waals surface area contributed by atoms with Gasteiger partial charge in [0.25, 0.3) is 0 Å². The molecule has 0 spiro atoms. The third-order valence-electron chi connectivity index (χ3n) is 4.25. The number of thiazole rings is 1. The zero-order valence-corrected chi connectivity index (χ0v) is 12.5. The molecule has 3 rings (SSSR count). The number of nitrogens with one attached hydrogen (secondary N) is 1. The first kappa shape index (κ1) is 14.3. The summed E-state index contributed by atoms with van der Waals surface area (Å²) in [6.07, 6.45) is 9.54. The molecule has 1 aliphatic heterocycles. The molecule has 1 aliphatic carbocycles. The quantitative estimate of drug-likeness (QED) is 0.886. The average Bonchev–Trinajstić information content (AvgIpc) is 2.90. The summed E-state index contributed by atoms with van der Waals surface area (Å²) in [4.78, 5) is 4.95. The van der Waals surface area contributed by atoms with Crippen LogP contribution in [0.2, 0.25) is 0 Å². The van der Waals surface area contributed by atoms with E-state index in [2.05, 4.69) is 10.7 Å². The van der Waals surface area contributed by atoms with Crippen molar-refractivity contribution in [1.82, 2.24) is 10.3 Å². The van der Waals surface area contributed by atoms with Gasteiger partial charge >= 0.3 is 0 Å². The van der Waals surface area contributed by atoms with Crippen molar-refractivity contribution in [2.45, 2.75) is 56.8 Å². The Labute approximate surface area is 120 Å². The monoisotopic (exact) mass is 286 g/mol. The largest absolute Gasteiger partial charge is 0.317 e. The van der Waals surface area contributed by atoms with E-state index in [0.29, 0.717) is 0 Å². The Hall–Kier alpha value is -0.120. The second-order valence-corrected chi connectivity index (χ2v) is 6.36. The molecule has 0 amide bonds. The van der Waals surface area contributed by atoms with Gasteiger partial charge in [-0.05, 0) is 38.8 Å². The van der Waals surface area contributed by atoms with Crippen molar-refractivity contribution in [3.05, 3.63) is 16.1 Å². The Morgan fingerprint density at radius 3 is 2.44 bits per heavy atom. The van der Waals surface area contributed by atoms with Crippen molar-refractivity contribution in [1.29, 1.82) is 0 Å². The third-order valence-corrected chi connectivity index (χ3v) is 5.28. The van der Waals surface area contributed by atoms with E-state index in [0.717, 1.165) is 11.8 Å². The fourth-order valence-corrected chi connectivity index (χ4v) is 4.22. The highest BCUT2D eigenvalue weighted by Gasteiger charge is 2.22. The van der Waals surface area contributed by atoms with Gasteiger partial charge in [0.1, 0.15) is 0 Å². The summed E-state index contributed by atoms with van der Waals surface area (Å²) < 4.78 is 0. The number of aromatic nitrogens is 1.